The summed E-state index contributed by atoms with van der Waals surface area (Å²) in [5, 5.41) is 13.9. The van der Waals surface area contributed by atoms with Gasteiger partial charge in [-0.1, -0.05) is 0 Å². The van der Waals surface area contributed by atoms with Gasteiger partial charge >= 0.3 is 0 Å². The molecule has 0 bridgehead atoms. The molecule has 8 heteroatoms. The van der Waals surface area contributed by atoms with Gasteiger partial charge in [-0.15, -0.1) is 0 Å². The van der Waals surface area contributed by atoms with Crippen LogP contribution >= 0.6 is 12.2 Å². The predicted molar refractivity (Wildman–Crippen MR) is 95.9 cm³/mol. The van der Waals surface area contributed by atoms with E-state index in [4.69, 9.17) is 16.6 Å². The Labute approximate surface area is 148 Å². The number of hydrogen-bond donors (Lipinski definition) is 4. The predicted octanol–water partition coefficient (Wildman–Crippen LogP) is 2.28. The Balaban J connectivity index is 1.98. The largest absolute Gasteiger partial charge is 0.457 e. The minimum Gasteiger partial charge on any atom is -0.457 e. The van der Waals surface area contributed by atoms with Crippen LogP contribution in [0.4, 0.5) is 5.69 Å². The van der Waals surface area contributed by atoms with Crippen molar-refractivity contribution < 1.29 is 19.2 Å². The molecule has 1 aromatic heterocycles. The van der Waals surface area contributed by atoms with Crippen molar-refractivity contribution in [2.75, 3.05) is 5.48 Å². The molecule has 0 unspecified atom stereocenters. The van der Waals surface area contributed by atoms with E-state index in [1.54, 1.807) is 12.1 Å². The summed E-state index contributed by atoms with van der Waals surface area (Å²) in [5.74, 6) is -0.255. The monoisotopic (exact) mass is 357 g/mol. The molecule has 1 aromatic carbocycles. The number of hydrogen-bond acceptors (Lipinski definition) is 6. The molecule has 1 saturated heterocycles. The van der Waals surface area contributed by atoms with Gasteiger partial charge in [-0.3, -0.25) is 30.9 Å². The normalized spacial score (nSPS) is 14.2. The lowest BCUT2D eigenvalue weighted by Gasteiger charge is -2.15. The molecule has 0 spiro atoms. The molecule has 2 aromatic rings. The van der Waals surface area contributed by atoms with Crippen LogP contribution in [0, 0.1) is 13.8 Å². The number of furan rings is 1. The first-order chi connectivity index (χ1) is 11.9. The highest BCUT2D eigenvalue weighted by atomic mass is 32.1. The SMILES string of the molecule is Cc1cc(NO)c(C)c(-c2ccc(C=C3C(=O)NC(=S)NC3=O)o2)c1. The van der Waals surface area contributed by atoms with Crippen molar-refractivity contribution in [2.45, 2.75) is 13.8 Å². The van der Waals surface area contributed by atoms with E-state index in [0.29, 0.717) is 17.2 Å². The lowest BCUT2D eigenvalue weighted by Crippen LogP contribution is -2.51. The smallest absolute Gasteiger partial charge is 0.263 e. The van der Waals surface area contributed by atoms with E-state index in [-0.39, 0.29) is 10.7 Å². The summed E-state index contributed by atoms with van der Waals surface area (Å²) in [4.78, 5) is 23.7. The summed E-state index contributed by atoms with van der Waals surface area (Å²) in [7, 11) is 0. The summed E-state index contributed by atoms with van der Waals surface area (Å²) >= 11 is 4.75. The van der Waals surface area contributed by atoms with Gasteiger partial charge in [0.25, 0.3) is 11.8 Å². The van der Waals surface area contributed by atoms with E-state index in [1.165, 1.54) is 6.08 Å². The van der Waals surface area contributed by atoms with Crippen molar-refractivity contribution in [2.24, 2.45) is 0 Å². The van der Waals surface area contributed by atoms with Gasteiger partial charge in [-0.2, -0.15) is 0 Å². The number of carbonyl (C=O) groups excluding carboxylic acids is 2. The lowest BCUT2D eigenvalue weighted by atomic mass is 10.0. The average Bonchev–Trinajstić information content (AvgIpc) is 3.01. The van der Waals surface area contributed by atoms with E-state index < -0.39 is 11.8 Å². The summed E-state index contributed by atoms with van der Waals surface area (Å²) in [6.45, 7) is 3.74. The van der Waals surface area contributed by atoms with Gasteiger partial charge in [0.05, 0.1) is 5.69 Å². The lowest BCUT2D eigenvalue weighted by molar-refractivity contribution is -0.123. The van der Waals surface area contributed by atoms with Crippen LogP contribution in [-0.4, -0.2) is 22.1 Å². The van der Waals surface area contributed by atoms with E-state index in [1.807, 2.05) is 26.0 Å². The third kappa shape index (κ3) is 3.30. The van der Waals surface area contributed by atoms with Crippen molar-refractivity contribution in [1.29, 1.82) is 0 Å². The maximum Gasteiger partial charge on any atom is 0.263 e. The van der Waals surface area contributed by atoms with Crippen LogP contribution < -0.4 is 16.1 Å². The molecule has 1 aliphatic heterocycles. The second kappa shape index (κ2) is 6.50. The minimum absolute atomic E-state index is 0.0216. The summed E-state index contributed by atoms with van der Waals surface area (Å²) in [6.07, 6.45) is 1.35. The molecule has 0 radical (unpaired) electrons. The third-order valence-electron chi connectivity index (χ3n) is 3.79. The van der Waals surface area contributed by atoms with Gasteiger partial charge in [0, 0.05) is 5.56 Å². The standard InChI is InChI=1S/C17H15N3O4S/c1-8-5-11(9(2)13(6-8)20-23)14-4-3-10(24-14)7-12-15(21)18-17(25)19-16(12)22/h3-7,20,23H,1-2H3,(H2,18,19,21,22,25). The number of anilines is 1. The molecule has 4 N–H and O–H groups in total. The summed E-state index contributed by atoms with van der Waals surface area (Å²) in [5.41, 5.74) is 5.18. The zero-order chi connectivity index (χ0) is 18.1. The second-order valence-electron chi connectivity index (χ2n) is 5.59. The number of carbonyl (C=O) groups is 2. The number of aryl methyl sites for hydroxylation is 1. The van der Waals surface area contributed by atoms with Crippen LogP contribution in [0.5, 0.6) is 0 Å². The number of thiocarbonyl (C=S) groups is 1. The molecule has 3 rings (SSSR count). The Hall–Kier alpha value is -2.97. The topological polar surface area (TPSA) is 104 Å². The molecule has 128 valence electrons. The molecular weight excluding hydrogens is 342 g/mol. The van der Waals surface area contributed by atoms with Crippen molar-refractivity contribution in [3.05, 3.63) is 46.7 Å². The van der Waals surface area contributed by atoms with Gasteiger partial charge in [0.1, 0.15) is 17.1 Å². The van der Waals surface area contributed by atoms with Crippen molar-refractivity contribution in [1.82, 2.24) is 10.6 Å². The second-order valence-corrected chi connectivity index (χ2v) is 6.00. The van der Waals surface area contributed by atoms with Crippen molar-refractivity contribution >= 4 is 40.9 Å². The fourth-order valence-corrected chi connectivity index (χ4v) is 2.74. The molecule has 0 aliphatic carbocycles. The highest BCUT2D eigenvalue weighted by molar-refractivity contribution is 7.80. The number of amides is 2. The number of rotatable bonds is 3. The highest BCUT2D eigenvalue weighted by Gasteiger charge is 2.26. The molecule has 25 heavy (non-hydrogen) atoms. The first kappa shape index (κ1) is 16.9. The number of nitrogens with one attached hydrogen (secondary N) is 3. The van der Waals surface area contributed by atoms with Gasteiger partial charge < -0.3 is 4.42 Å². The molecule has 1 aliphatic rings. The van der Waals surface area contributed by atoms with Gasteiger partial charge in [0.2, 0.25) is 0 Å². The average molecular weight is 357 g/mol. The van der Waals surface area contributed by atoms with Crippen molar-refractivity contribution in [3.63, 3.8) is 0 Å². The molecule has 7 nitrogen and oxygen atoms in total. The van der Waals surface area contributed by atoms with Crippen LogP contribution in [-0.2, 0) is 9.59 Å². The maximum absolute atomic E-state index is 11.9. The van der Waals surface area contributed by atoms with E-state index >= 15 is 0 Å². The Kier molecular flexibility index (Phi) is 4.39. The highest BCUT2D eigenvalue weighted by Crippen LogP contribution is 2.31. The molecule has 2 heterocycles. The van der Waals surface area contributed by atoms with Crippen molar-refractivity contribution in [3.8, 4) is 11.3 Å². The first-order valence-electron chi connectivity index (χ1n) is 7.39. The Morgan fingerprint density at radius 3 is 2.48 bits per heavy atom. The van der Waals surface area contributed by atoms with Gasteiger partial charge in [-0.05, 0) is 67.5 Å². The van der Waals surface area contributed by atoms with E-state index in [0.717, 1.165) is 16.7 Å². The molecule has 2 amide bonds. The fourth-order valence-electron chi connectivity index (χ4n) is 2.55. The van der Waals surface area contributed by atoms with E-state index in [2.05, 4.69) is 16.1 Å². The fraction of sp³-hybridized carbons (Fsp3) is 0.118. The van der Waals surface area contributed by atoms with Crippen LogP contribution in [0.2, 0.25) is 0 Å². The summed E-state index contributed by atoms with van der Waals surface area (Å²) in [6, 6.07) is 7.12. The molecule has 0 atom stereocenters. The zero-order valence-electron chi connectivity index (χ0n) is 13.5. The molecule has 1 fully saturated rings. The van der Waals surface area contributed by atoms with Gasteiger partial charge in [0.15, 0.2) is 5.11 Å². The third-order valence-corrected chi connectivity index (χ3v) is 4.00. The Morgan fingerprint density at radius 2 is 1.84 bits per heavy atom. The van der Waals surface area contributed by atoms with Crippen LogP contribution in [0.1, 0.15) is 16.9 Å². The molecule has 0 saturated carbocycles. The zero-order valence-corrected chi connectivity index (χ0v) is 14.3. The Morgan fingerprint density at radius 1 is 1.16 bits per heavy atom. The van der Waals surface area contributed by atoms with Crippen LogP contribution in [0.25, 0.3) is 17.4 Å². The van der Waals surface area contributed by atoms with Gasteiger partial charge in [-0.25, -0.2) is 0 Å². The maximum atomic E-state index is 11.9. The first-order valence-corrected chi connectivity index (χ1v) is 7.80. The Bertz CT molecular complexity index is 908. The quantitative estimate of drug-likeness (QED) is 0.291. The molecular formula is C17H15N3O4S. The number of benzene rings is 1. The summed E-state index contributed by atoms with van der Waals surface area (Å²) < 4.78 is 5.75. The minimum atomic E-state index is -0.579. The van der Waals surface area contributed by atoms with E-state index in [9.17, 15) is 14.8 Å². The van der Waals surface area contributed by atoms with Crippen LogP contribution in [0.15, 0.2) is 34.3 Å². The van der Waals surface area contributed by atoms with Crippen LogP contribution in [0.3, 0.4) is 0 Å².